The fourth-order valence-electron chi connectivity index (χ4n) is 0.987. The van der Waals surface area contributed by atoms with Gasteiger partial charge in [0.25, 0.3) is 0 Å². The Morgan fingerprint density at radius 1 is 1.67 bits per heavy atom. The van der Waals surface area contributed by atoms with Crippen LogP contribution in [0.1, 0.15) is 13.8 Å². The Kier molecular flexibility index (Phi) is 2.32. The highest BCUT2D eigenvalue weighted by atomic mass is 16.5. The lowest BCUT2D eigenvalue weighted by atomic mass is 10.1. The lowest BCUT2D eigenvalue weighted by Gasteiger charge is -2.23. The van der Waals surface area contributed by atoms with Gasteiger partial charge in [-0.2, -0.15) is 0 Å². The molecule has 0 unspecified atom stereocenters. The predicted octanol–water partition coefficient (Wildman–Crippen LogP) is 0.242. The molecule has 1 aromatic heterocycles. The van der Waals surface area contributed by atoms with Crippen molar-refractivity contribution < 1.29 is 4.74 Å². The maximum atomic E-state index is 5.39. The van der Waals surface area contributed by atoms with E-state index < -0.39 is 0 Å². The van der Waals surface area contributed by atoms with E-state index in [9.17, 15) is 0 Å². The Bertz CT molecular complexity index is 256. The number of rotatable bonds is 3. The molecular weight excluding hydrogens is 156 g/mol. The van der Waals surface area contributed by atoms with Gasteiger partial charge < -0.3 is 10.5 Å². The molecule has 0 atom stereocenters. The van der Waals surface area contributed by atoms with Crippen molar-refractivity contribution in [3.63, 3.8) is 0 Å². The smallest absolute Gasteiger partial charge is 0.239 e. The zero-order chi connectivity index (χ0) is 9.19. The predicted molar refractivity (Wildman–Crippen MR) is 45.6 cm³/mol. The van der Waals surface area contributed by atoms with Crippen molar-refractivity contribution in [2.24, 2.45) is 0 Å². The van der Waals surface area contributed by atoms with Gasteiger partial charge in [0.15, 0.2) is 0 Å². The first-order valence-corrected chi connectivity index (χ1v) is 3.73. The fraction of sp³-hybridized carbons (Fsp3) is 0.714. The number of hydrogen-bond donors (Lipinski definition) is 1. The summed E-state index contributed by atoms with van der Waals surface area (Å²) in [5.74, 6) is 0.291. The molecule has 0 aliphatic heterocycles. The van der Waals surface area contributed by atoms with Crippen LogP contribution in [0.15, 0.2) is 6.33 Å². The average Bonchev–Trinajstić information content (AvgIpc) is 2.36. The van der Waals surface area contributed by atoms with E-state index in [1.54, 1.807) is 18.1 Å². The van der Waals surface area contributed by atoms with Gasteiger partial charge in [-0.05, 0) is 13.8 Å². The van der Waals surface area contributed by atoms with Crippen LogP contribution in [0.4, 0.5) is 5.95 Å². The molecule has 1 aromatic rings. The van der Waals surface area contributed by atoms with Crippen LogP contribution in [0.2, 0.25) is 0 Å². The Labute approximate surface area is 71.5 Å². The third-order valence-corrected chi connectivity index (χ3v) is 1.63. The molecule has 0 aliphatic rings. The summed E-state index contributed by atoms with van der Waals surface area (Å²) < 4.78 is 6.74. The number of anilines is 1. The van der Waals surface area contributed by atoms with Gasteiger partial charge in [0, 0.05) is 7.11 Å². The van der Waals surface area contributed by atoms with E-state index in [1.807, 2.05) is 13.8 Å². The summed E-state index contributed by atoms with van der Waals surface area (Å²) in [7, 11) is 1.65. The van der Waals surface area contributed by atoms with Gasteiger partial charge in [-0.3, -0.25) is 0 Å². The number of methoxy groups -OCH3 is 1. The summed E-state index contributed by atoms with van der Waals surface area (Å²) in [6, 6.07) is 0. The molecule has 0 spiro atoms. The molecule has 5 heteroatoms. The molecule has 0 bridgehead atoms. The average molecular weight is 170 g/mol. The van der Waals surface area contributed by atoms with Crippen LogP contribution in [0.25, 0.3) is 0 Å². The second-order valence-corrected chi connectivity index (χ2v) is 3.29. The summed E-state index contributed by atoms with van der Waals surface area (Å²) in [6.07, 6.45) is 1.61. The highest BCUT2D eigenvalue weighted by molar-refractivity contribution is 5.10. The summed E-state index contributed by atoms with van der Waals surface area (Å²) >= 11 is 0. The van der Waals surface area contributed by atoms with Crippen molar-refractivity contribution >= 4 is 5.95 Å². The number of aromatic nitrogens is 3. The quantitative estimate of drug-likeness (QED) is 0.705. The van der Waals surface area contributed by atoms with E-state index in [1.165, 1.54) is 0 Å². The number of ether oxygens (including phenoxy) is 1. The fourth-order valence-corrected chi connectivity index (χ4v) is 0.987. The molecule has 1 rings (SSSR count). The number of hydrogen-bond acceptors (Lipinski definition) is 4. The highest BCUT2D eigenvalue weighted by Gasteiger charge is 2.21. The van der Waals surface area contributed by atoms with Gasteiger partial charge in [0.05, 0.1) is 12.1 Å². The number of nitrogens with zero attached hydrogens (tertiary/aromatic N) is 3. The Hall–Kier alpha value is -1.10. The molecule has 0 saturated carbocycles. The molecule has 68 valence electrons. The first-order valence-electron chi connectivity index (χ1n) is 3.73. The van der Waals surface area contributed by atoms with Crippen LogP contribution in [0.5, 0.6) is 0 Å². The van der Waals surface area contributed by atoms with Crippen LogP contribution in [0.3, 0.4) is 0 Å². The van der Waals surface area contributed by atoms with Gasteiger partial charge in [0.2, 0.25) is 5.95 Å². The second-order valence-electron chi connectivity index (χ2n) is 3.29. The molecule has 1 heterocycles. The summed E-state index contributed by atoms with van der Waals surface area (Å²) in [5.41, 5.74) is 5.19. The zero-order valence-electron chi connectivity index (χ0n) is 7.61. The third-order valence-electron chi connectivity index (χ3n) is 1.63. The molecule has 0 amide bonds. The van der Waals surface area contributed by atoms with E-state index in [2.05, 4.69) is 10.1 Å². The minimum atomic E-state index is -0.195. The molecule has 0 aromatic carbocycles. The van der Waals surface area contributed by atoms with Crippen molar-refractivity contribution in [3.8, 4) is 0 Å². The van der Waals surface area contributed by atoms with Gasteiger partial charge in [-0.25, -0.2) is 9.67 Å². The third kappa shape index (κ3) is 1.73. The number of nitrogens with two attached hydrogens (primary N) is 1. The first-order chi connectivity index (χ1) is 5.56. The second kappa shape index (κ2) is 3.10. The molecular formula is C7H14N4O. The minimum absolute atomic E-state index is 0.195. The van der Waals surface area contributed by atoms with Gasteiger partial charge in [-0.15, -0.1) is 5.10 Å². The van der Waals surface area contributed by atoms with Crippen molar-refractivity contribution in [1.29, 1.82) is 0 Å². The Balaban J connectivity index is 2.81. The maximum absolute atomic E-state index is 5.39. The van der Waals surface area contributed by atoms with Crippen LogP contribution in [0, 0.1) is 0 Å². The van der Waals surface area contributed by atoms with E-state index in [4.69, 9.17) is 10.5 Å². The largest absolute Gasteiger partial charge is 0.382 e. The Morgan fingerprint density at radius 3 is 2.75 bits per heavy atom. The summed E-state index contributed by atoms with van der Waals surface area (Å²) in [4.78, 5) is 3.84. The van der Waals surface area contributed by atoms with Crippen LogP contribution in [-0.2, 0) is 10.3 Å². The van der Waals surface area contributed by atoms with Crippen molar-refractivity contribution in [3.05, 3.63) is 6.33 Å². The lowest BCUT2D eigenvalue weighted by Crippen LogP contribution is -2.32. The van der Waals surface area contributed by atoms with E-state index in [0.29, 0.717) is 12.6 Å². The van der Waals surface area contributed by atoms with Gasteiger partial charge >= 0.3 is 0 Å². The minimum Gasteiger partial charge on any atom is -0.382 e. The standard InChI is InChI=1S/C7H14N4O/c1-7(2,4-12-3)11-5-9-6(8)10-11/h5H,4H2,1-3H3,(H2,8,10). The Morgan fingerprint density at radius 2 is 2.33 bits per heavy atom. The molecule has 0 saturated heterocycles. The molecule has 0 fully saturated rings. The normalized spacial score (nSPS) is 11.9. The summed E-state index contributed by atoms with van der Waals surface area (Å²) in [6.45, 7) is 4.59. The molecule has 12 heavy (non-hydrogen) atoms. The molecule has 5 nitrogen and oxygen atoms in total. The van der Waals surface area contributed by atoms with Crippen LogP contribution in [-0.4, -0.2) is 28.5 Å². The SMILES string of the molecule is COCC(C)(C)n1cnc(N)n1. The van der Waals surface area contributed by atoms with Crippen molar-refractivity contribution in [2.45, 2.75) is 19.4 Å². The first kappa shape index (κ1) is 8.99. The van der Waals surface area contributed by atoms with Gasteiger partial charge in [0.1, 0.15) is 6.33 Å². The van der Waals surface area contributed by atoms with Gasteiger partial charge in [-0.1, -0.05) is 0 Å². The van der Waals surface area contributed by atoms with Crippen LogP contribution < -0.4 is 5.73 Å². The molecule has 0 radical (unpaired) electrons. The molecule has 2 N–H and O–H groups in total. The molecule has 0 aliphatic carbocycles. The van der Waals surface area contributed by atoms with E-state index >= 15 is 0 Å². The maximum Gasteiger partial charge on any atom is 0.239 e. The summed E-state index contributed by atoms with van der Waals surface area (Å²) in [5, 5.41) is 4.00. The topological polar surface area (TPSA) is 66.0 Å². The zero-order valence-corrected chi connectivity index (χ0v) is 7.61. The van der Waals surface area contributed by atoms with E-state index in [0.717, 1.165) is 0 Å². The van der Waals surface area contributed by atoms with Crippen molar-refractivity contribution in [2.75, 3.05) is 19.5 Å². The highest BCUT2D eigenvalue weighted by Crippen LogP contribution is 2.13. The van der Waals surface area contributed by atoms with Crippen LogP contribution >= 0.6 is 0 Å². The monoisotopic (exact) mass is 170 g/mol. The lowest BCUT2D eigenvalue weighted by molar-refractivity contribution is 0.101. The van der Waals surface area contributed by atoms with E-state index in [-0.39, 0.29) is 5.54 Å². The number of nitrogen functional groups attached to an aromatic ring is 1. The van der Waals surface area contributed by atoms with Crippen molar-refractivity contribution in [1.82, 2.24) is 14.8 Å².